The van der Waals surface area contributed by atoms with E-state index in [4.69, 9.17) is 0 Å². The van der Waals surface area contributed by atoms with E-state index in [1.165, 1.54) is 0 Å². The molecule has 5 nitrogen and oxygen atoms in total. The van der Waals surface area contributed by atoms with Crippen molar-refractivity contribution in [2.75, 3.05) is 13.1 Å². The Hall–Kier alpha value is -1.88. The van der Waals surface area contributed by atoms with Crippen LogP contribution in [0.4, 0.5) is 0 Å². The van der Waals surface area contributed by atoms with Gasteiger partial charge in [-0.05, 0) is 24.5 Å². The topological polar surface area (TPSA) is 78.4 Å². The summed E-state index contributed by atoms with van der Waals surface area (Å²) in [6.07, 6.45) is -0.510. The molecule has 0 aliphatic carbocycles. The number of carbonyl (C=O) groups is 2. The lowest BCUT2D eigenvalue weighted by atomic mass is 9.81. The van der Waals surface area contributed by atoms with Crippen LogP contribution in [0.15, 0.2) is 24.3 Å². The van der Waals surface area contributed by atoms with Gasteiger partial charge in [-0.25, -0.2) is 0 Å². The van der Waals surface area contributed by atoms with Gasteiger partial charge in [0.2, 0.25) is 5.91 Å². The number of hydrogen-bond acceptors (Lipinski definition) is 3. The van der Waals surface area contributed by atoms with E-state index in [1.54, 1.807) is 12.1 Å². The summed E-state index contributed by atoms with van der Waals surface area (Å²) >= 11 is 0. The van der Waals surface area contributed by atoms with E-state index < -0.39 is 11.5 Å². The molecule has 1 unspecified atom stereocenters. The third kappa shape index (κ3) is 5.67. The molecular weight excluding hydrogens is 292 g/mol. The second kappa shape index (κ2) is 8.11. The maximum atomic E-state index is 12.0. The highest BCUT2D eigenvalue weighted by atomic mass is 16.3. The SMILES string of the molecule is Cc1ccccc1C(=O)NCC(=O)NCC(C)(C)C(O)C(C)C. The van der Waals surface area contributed by atoms with Gasteiger partial charge in [0.05, 0.1) is 12.6 Å². The minimum absolute atomic E-state index is 0.0823. The molecule has 1 rings (SSSR count). The van der Waals surface area contributed by atoms with Crippen molar-refractivity contribution in [1.82, 2.24) is 10.6 Å². The first-order valence-corrected chi connectivity index (χ1v) is 7.93. The fourth-order valence-corrected chi connectivity index (χ4v) is 2.48. The van der Waals surface area contributed by atoms with E-state index in [0.717, 1.165) is 5.56 Å². The first kappa shape index (κ1) is 19.2. The average Bonchev–Trinajstić information content (AvgIpc) is 2.50. The Morgan fingerprint density at radius 3 is 2.35 bits per heavy atom. The molecular formula is C18H28N2O3. The predicted molar refractivity (Wildman–Crippen MR) is 91.1 cm³/mol. The van der Waals surface area contributed by atoms with Crippen LogP contribution < -0.4 is 10.6 Å². The van der Waals surface area contributed by atoms with Crippen molar-refractivity contribution in [2.45, 2.75) is 40.7 Å². The predicted octanol–water partition coefficient (Wildman–Crippen LogP) is 1.88. The Kier molecular flexibility index (Phi) is 6.76. The molecule has 5 heteroatoms. The van der Waals surface area contributed by atoms with Gasteiger partial charge in [0.1, 0.15) is 0 Å². The molecule has 128 valence electrons. The van der Waals surface area contributed by atoms with E-state index in [0.29, 0.717) is 12.1 Å². The number of aliphatic hydroxyl groups is 1. The van der Waals surface area contributed by atoms with E-state index in [9.17, 15) is 14.7 Å². The number of benzene rings is 1. The van der Waals surface area contributed by atoms with Crippen molar-refractivity contribution >= 4 is 11.8 Å². The van der Waals surface area contributed by atoms with Crippen LogP contribution in [0.2, 0.25) is 0 Å². The summed E-state index contributed by atoms with van der Waals surface area (Å²) in [5.74, 6) is -0.418. The molecule has 3 N–H and O–H groups in total. The van der Waals surface area contributed by atoms with Gasteiger partial charge in [0, 0.05) is 17.5 Å². The van der Waals surface area contributed by atoms with Crippen molar-refractivity contribution < 1.29 is 14.7 Å². The molecule has 0 aliphatic heterocycles. The van der Waals surface area contributed by atoms with Crippen molar-refractivity contribution in [1.29, 1.82) is 0 Å². The number of aryl methyl sites for hydroxylation is 1. The molecule has 0 aliphatic rings. The highest BCUT2D eigenvalue weighted by Crippen LogP contribution is 2.24. The highest BCUT2D eigenvalue weighted by molar-refractivity contribution is 5.97. The maximum absolute atomic E-state index is 12.0. The molecule has 0 spiro atoms. The third-order valence-electron chi connectivity index (χ3n) is 3.97. The van der Waals surface area contributed by atoms with Crippen LogP contribution in [0.3, 0.4) is 0 Å². The van der Waals surface area contributed by atoms with Crippen LogP contribution >= 0.6 is 0 Å². The van der Waals surface area contributed by atoms with Crippen LogP contribution in [0.1, 0.15) is 43.6 Å². The molecule has 0 fully saturated rings. The minimum Gasteiger partial charge on any atom is -0.392 e. The minimum atomic E-state index is -0.510. The van der Waals surface area contributed by atoms with Gasteiger partial charge in [0.15, 0.2) is 0 Å². The summed E-state index contributed by atoms with van der Waals surface area (Å²) in [5, 5.41) is 15.5. The van der Waals surface area contributed by atoms with Gasteiger partial charge >= 0.3 is 0 Å². The van der Waals surface area contributed by atoms with Gasteiger partial charge < -0.3 is 15.7 Å². The van der Waals surface area contributed by atoms with Crippen molar-refractivity contribution in [2.24, 2.45) is 11.3 Å². The normalized spacial score (nSPS) is 12.8. The monoisotopic (exact) mass is 320 g/mol. The fourth-order valence-electron chi connectivity index (χ4n) is 2.48. The Morgan fingerprint density at radius 2 is 1.78 bits per heavy atom. The average molecular weight is 320 g/mol. The molecule has 0 saturated heterocycles. The van der Waals surface area contributed by atoms with Gasteiger partial charge in [-0.1, -0.05) is 45.9 Å². The van der Waals surface area contributed by atoms with Crippen molar-refractivity contribution in [3.05, 3.63) is 35.4 Å². The number of carbonyl (C=O) groups excluding carboxylic acids is 2. The smallest absolute Gasteiger partial charge is 0.251 e. The molecule has 1 atom stereocenters. The zero-order chi connectivity index (χ0) is 17.6. The second-order valence-electron chi connectivity index (χ2n) is 6.95. The molecule has 0 heterocycles. The Morgan fingerprint density at radius 1 is 1.17 bits per heavy atom. The molecule has 1 aromatic rings. The van der Waals surface area contributed by atoms with E-state index in [1.807, 2.05) is 46.8 Å². The first-order valence-electron chi connectivity index (χ1n) is 7.93. The molecule has 0 radical (unpaired) electrons. The number of hydrogen-bond donors (Lipinski definition) is 3. The van der Waals surface area contributed by atoms with Crippen LogP contribution in [-0.2, 0) is 4.79 Å². The lowest BCUT2D eigenvalue weighted by molar-refractivity contribution is -0.121. The van der Waals surface area contributed by atoms with Crippen molar-refractivity contribution in [3.63, 3.8) is 0 Å². The zero-order valence-electron chi connectivity index (χ0n) is 14.6. The molecule has 23 heavy (non-hydrogen) atoms. The molecule has 1 aromatic carbocycles. The first-order chi connectivity index (χ1) is 10.6. The zero-order valence-corrected chi connectivity index (χ0v) is 14.6. The summed E-state index contributed by atoms with van der Waals surface area (Å²) in [4.78, 5) is 23.9. The Labute approximate surface area is 138 Å². The van der Waals surface area contributed by atoms with E-state index in [2.05, 4.69) is 10.6 Å². The third-order valence-corrected chi connectivity index (χ3v) is 3.97. The molecule has 0 aromatic heterocycles. The Balaban J connectivity index is 2.46. The number of amides is 2. The molecule has 0 bridgehead atoms. The van der Waals surface area contributed by atoms with Crippen molar-refractivity contribution in [3.8, 4) is 0 Å². The van der Waals surface area contributed by atoms with Gasteiger partial charge in [0.25, 0.3) is 5.91 Å². The van der Waals surface area contributed by atoms with Gasteiger partial charge in [-0.3, -0.25) is 9.59 Å². The summed E-state index contributed by atoms with van der Waals surface area (Å²) in [6, 6.07) is 7.23. The largest absolute Gasteiger partial charge is 0.392 e. The van der Waals surface area contributed by atoms with Gasteiger partial charge in [-0.15, -0.1) is 0 Å². The lowest BCUT2D eigenvalue weighted by Crippen LogP contribution is -2.46. The Bertz CT molecular complexity index is 553. The van der Waals surface area contributed by atoms with Gasteiger partial charge in [-0.2, -0.15) is 0 Å². The number of aliphatic hydroxyl groups excluding tert-OH is 1. The summed E-state index contributed by atoms with van der Waals surface area (Å²) in [7, 11) is 0. The summed E-state index contributed by atoms with van der Waals surface area (Å²) in [5.41, 5.74) is 1.01. The van der Waals surface area contributed by atoms with Crippen LogP contribution in [-0.4, -0.2) is 36.1 Å². The summed E-state index contributed by atoms with van der Waals surface area (Å²) in [6.45, 7) is 9.82. The van der Waals surface area contributed by atoms with E-state index >= 15 is 0 Å². The molecule has 2 amide bonds. The van der Waals surface area contributed by atoms with Crippen LogP contribution in [0.25, 0.3) is 0 Å². The van der Waals surface area contributed by atoms with Crippen LogP contribution in [0.5, 0.6) is 0 Å². The van der Waals surface area contributed by atoms with E-state index in [-0.39, 0.29) is 24.3 Å². The molecule has 0 saturated carbocycles. The lowest BCUT2D eigenvalue weighted by Gasteiger charge is -2.33. The highest BCUT2D eigenvalue weighted by Gasteiger charge is 2.30. The quantitative estimate of drug-likeness (QED) is 0.718. The van der Waals surface area contributed by atoms with Crippen LogP contribution in [0, 0.1) is 18.3 Å². The standard InChI is InChI=1S/C18H28N2O3/c1-12(2)16(22)18(4,5)11-20-15(21)10-19-17(23)14-9-7-6-8-13(14)3/h6-9,12,16,22H,10-11H2,1-5H3,(H,19,23)(H,20,21). The second-order valence-corrected chi connectivity index (χ2v) is 6.95. The fraction of sp³-hybridized carbons (Fsp3) is 0.556. The number of rotatable bonds is 7. The summed E-state index contributed by atoms with van der Waals surface area (Å²) < 4.78 is 0. The maximum Gasteiger partial charge on any atom is 0.251 e. The number of nitrogens with one attached hydrogen (secondary N) is 2.